The standard InChI is InChI=1S/C23H22FN5O3/c1-15-25-11-12-28(15)13-16-3-9-19(10-4-16)26-20(30)14-29-21(31)23(2,27-22(29)32)17-5-7-18(24)8-6-17/h3-12H,13-14H2,1-2H3,(H,26,30)(H,27,32). The summed E-state index contributed by atoms with van der Waals surface area (Å²) < 4.78 is 15.2. The van der Waals surface area contributed by atoms with Crippen LogP contribution in [-0.2, 0) is 21.7 Å². The minimum Gasteiger partial charge on any atom is -0.331 e. The van der Waals surface area contributed by atoms with Crippen LogP contribution in [0, 0.1) is 12.7 Å². The molecule has 4 amide bonds. The van der Waals surface area contributed by atoms with Crippen molar-refractivity contribution in [2.75, 3.05) is 11.9 Å². The number of imidazole rings is 1. The fourth-order valence-electron chi connectivity index (χ4n) is 3.62. The summed E-state index contributed by atoms with van der Waals surface area (Å²) in [6.07, 6.45) is 3.63. The summed E-state index contributed by atoms with van der Waals surface area (Å²) in [4.78, 5) is 42.8. The summed E-state index contributed by atoms with van der Waals surface area (Å²) >= 11 is 0. The molecule has 1 aromatic heterocycles. The lowest BCUT2D eigenvalue weighted by atomic mass is 9.92. The largest absolute Gasteiger partial charge is 0.331 e. The predicted molar refractivity (Wildman–Crippen MR) is 115 cm³/mol. The monoisotopic (exact) mass is 435 g/mol. The Morgan fingerprint density at radius 3 is 2.44 bits per heavy atom. The maximum atomic E-state index is 13.2. The second-order valence-corrected chi connectivity index (χ2v) is 7.80. The summed E-state index contributed by atoms with van der Waals surface area (Å²) in [7, 11) is 0. The van der Waals surface area contributed by atoms with Crippen molar-refractivity contribution in [2.45, 2.75) is 25.9 Å². The van der Waals surface area contributed by atoms with Gasteiger partial charge in [0, 0.05) is 24.6 Å². The third kappa shape index (κ3) is 4.09. The fraction of sp³-hybridized carbons (Fsp3) is 0.217. The number of carbonyl (C=O) groups is 3. The van der Waals surface area contributed by atoms with E-state index < -0.39 is 35.7 Å². The highest BCUT2D eigenvalue weighted by molar-refractivity contribution is 6.10. The Bertz CT molecular complexity index is 1170. The zero-order valence-electron chi connectivity index (χ0n) is 17.6. The molecule has 2 aromatic carbocycles. The topological polar surface area (TPSA) is 96.3 Å². The molecule has 2 N–H and O–H groups in total. The number of aryl methyl sites for hydroxylation is 1. The predicted octanol–water partition coefficient (Wildman–Crippen LogP) is 2.78. The van der Waals surface area contributed by atoms with Gasteiger partial charge in [0.05, 0.1) is 0 Å². The molecule has 0 saturated carbocycles. The Kier molecular flexibility index (Phi) is 5.48. The van der Waals surface area contributed by atoms with Crippen molar-refractivity contribution >= 4 is 23.5 Å². The van der Waals surface area contributed by atoms with Gasteiger partial charge in [0.25, 0.3) is 5.91 Å². The Morgan fingerprint density at radius 1 is 1.12 bits per heavy atom. The highest BCUT2D eigenvalue weighted by Crippen LogP contribution is 2.28. The van der Waals surface area contributed by atoms with Crippen LogP contribution in [-0.4, -0.2) is 38.8 Å². The molecule has 1 atom stereocenters. The van der Waals surface area contributed by atoms with E-state index in [9.17, 15) is 18.8 Å². The molecule has 0 spiro atoms. The number of imide groups is 1. The van der Waals surface area contributed by atoms with Gasteiger partial charge in [-0.25, -0.2) is 14.2 Å². The van der Waals surface area contributed by atoms with Crippen molar-refractivity contribution in [1.29, 1.82) is 0 Å². The number of anilines is 1. The number of amides is 4. The van der Waals surface area contributed by atoms with Gasteiger partial charge in [-0.2, -0.15) is 0 Å². The van der Waals surface area contributed by atoms with Crippen LogP contribution in [0.1, 0.15) is 23.9 Å². The van der Waals surface area contributed by atoms with E-state index >= 15 is 0 Å². The molecule has 164 valence electrons. The van der Waals surface area contributed by atoms with E-state index in [1.807, 2.05) is 29.8 Å². The fourth-order valence-corrected chi connectivity index (χ4v) is 3.62. The average molecular weight is 435 g/mol. The summed E-state index contributed by atoms with van der Waals surface area (Å²) in [5.41, 5.74) is 0.657. The Labute approximate surface area is 184 Å². The van der Waals surface area contributed by atoms with Crippen LogP contribution < -0.4 is 10.6 Å². The second-order valence-electron chi connectivity index (χ2n) is 7.80. The number of nitrogens with one attached hydrogen (secondary N) is 2. The number of rotatable bonds is 6. The van der Waals surface area contributed by atoms with Crippen molar-refractivity contribution in [2.24, 2.45) is 0 Å². The number of carbonyl (C=O) groups excluding carboxylic acids is 3. The number of halogens is 1. The molecule has 8 nitrogen and oxygen atoms in total. The number of urea groups is 1. The van der Waals surface area contributed by atoms with E-state index in [-0.39, 0.29) is 0 Å². The highest BCUT2D eigenvalue weighted by atomic mass is 19.1. The lowest BCUT2D eigenvalue weighted by Crippen LogP contribution is -2.42. The van der Waals surface area contributed by atoms with Crippen molar-refractivity contribution in [3.63, 3.8) is 0 Å². The summed E-state index contributed by atoms with van der Waals surface area (Å²) in [6, 6.07) is 11.9. The molecule has 32 heavy (non-hydrogen) atoms. The number of nitrogens with zero attached hydrogens (tertiary/aromatic N) is 3. The molecule has 4 rings (SSSR count). The van der Waals surface area contributed by atoms with Crippen LogP contribution in [0.15, 0.2) is 60.9 Å². The lowest BCUT2D eigenvalue weighted by Gasteiger charge is -2.22. The van der Waals surface area contributed by atoms with Gasteiger partial charge in [-0.15, -0.1) is 0 Å². The van der Waals surface area contributed by atoms with Gasteiger partial charge in [0.1, 0.15) is 23.7 Å². The number of hydrogen-bond donors (Lipinski definition) is 2. The molecular weight excluding hydrogens is 413 g/mol. The van der Waals surface area contributed by atoms with E-state index in [0.717, 1.165) is 16.3 Å². The minimum atomic E-state index is -1.36. The van der Waals surface area contributed by atoms with Crippen molar-refractivity contribution in [3.05, 3.63) is 83.7 Å². The van der Waals surface area contributed by atoms with Gasteiger partial charge >= 0.3 is 6.03 Å². The third-order valence-corrected chi connectivity index (χ3v) is 5.51. The van der Waals surface area contributed by atoms with E-state index in [2.05, 4.69) is 15.6 Å². The molecule has 1 unspecified atom stereocenters. The van der Waals surface area contributed by atoms with Crippen LogP contribution in [0.2, 0.25) is 0 Å². The Balaban J connectivity index is 1.39. The van der Waals surface area contributed by atoms with E-state index in [0.29, 0.717) is 17.8 Å². The molecule has 1 fully saturated rings. The van der Waals surface area contributed by atoms with Gasteiger partial charge in [0.15, 0.2) is 0 Å². The summed E-state index contributed by atoms with van der Waals surface area (Å²) in [5, 5.41) is 5.30. The smallest absolute Gasteiger partial charge is 0.325 e. The summed E-state index contributed by atoms with van der Waals surface area (Å²) in [5.74, 6) is -0.620. The van der Waals surface area contributed by atoms with Crippen molar-refractivity contribution < 1.29 is 18.8 Å². The van der Waals surface area contributed by atoms with Gasteiger partial charge in [-0.1, -0.05) is 24.3 Å². The van der Waals surface area contributed by atoms with Crippen LogP contribution in [0.4, 0.5) is 14.9 Å². The number of benzene rings is 2. The quantitative estimate of drug-likeness (QED) is 0.582. The van der Waals surface area contributed by atoms with Crippen LogP contribution in [0.3, 0.4) is 0 Å². The van der Waals surface area contributed by atoms with Gasteiger partial charge in [0.2, 0.25) is 5.91 Å². The molecular formula is C23H22FN5O3. The van der Waals surface area contributed by atoms with Crippen molar-refractivity contribution in [3.8, 4) is 0 Å². The highest BCUT2D eigenvalue weighted by Gasteiger charge is 2.49. The first-order chi connectivity index (χ1) is 15.3. The van der Waals surface area contributed by atoms with Gasteiger partial charge in [-0.05, 0) is 49.2 Å². The minimum absolute atomic E-state index is 0.433. The van der Waals surface area contributed by atoms with Crippen LogP contribution in [0.25, 0.3) is 0 Å². The molecule has 3 aromatic rings. The molecule has 1 saturated heterocycles. The molecule has 1 aliphatic rings. The van der Waals surface area contributed by atoms with Crippen LogP contribution in [0.5, 0.6) is 0 Å². The van der Waals surface area contributed by atoms with Crippen LogP contribution >= 0.6 is 0 Å². The van der Waals surface area contributed by atoms with Crippen molar-refractivity contribution in [1.82, 2.24) is 19.8 Å². The molecule has 1 aliphatic heterocycles. The maximum Gasteiger partial charge on any atom is 0.325 e. The Hall–Kier alpha value is -4.01. The third-order valence-electron chi connectivity index (χ3n) is 5.51. The molecule has 0 bridgehead atoms. The van der Waals surface area contributed by atoms with E-state index in [4.69, 9.17) is 0 Å². The first-order valence-corrected chi connectivity index (χ1v) is 10.0. The summed E-state index contributed by atoms with van der Waals surface area (Å²) in [6.45, 7) is 3.67. The van der Waals surface area contributed by atoms with Gasteiger partial charge in [-0.3, -0.25) is 14.5 Å². The number of aromatic nitrogens is 2. The molecule has 0 aliphatic carbocycles. The van der Waals surface area contributed by atoms with E-state index in [1.165, 1.54) is 31.2 Å². The SMILES string of the molecule is Cc1nccn1Cc1ccc(NC(=O)CN2C(=O)NC(C)(c3ccc(F)cc3)C2=O)cc1. The zero-order chi connectivity index (χ0) is 22.9. The zero-order valence-corrected chi connectivity index (χ0v) is 17.6. The first kappa shape index (κ1) is 21.2. The molecule has 0 radical (unpaired) electrons. The normalized spacial score (nSPS) is 18.0. The number of hydrogen-bond acceptors (Lipinski definition) is 4. The second kappa shape index (κ2) is 8.26. The van der Waals surface area contributed by atoms with E-state index in [1.54, 1.807) is 18.3 Å². The molecule has 9 heteroatoms. The average Bonchev–Trinajstić information content (AvgIpc) is 3.26. The molecule has 2 heterocycles. The lowest BCUT2D eigenvalue weighted by molar-refractivity contribution is -0.133. The first-order valence-electron chi connectivity index (χ1n) is 10.0. The Morgan fingerprint density at radius 2 is 1.81 bits per heavy atom. The maximum absolute atomic E-state index is 13.2. The van der Waals surface area contributed by atoms with Gasteiger partial charge < -0.3 is 15.2 Å².